The molecule has 0 amide bonds. The van der Waals surface area contributed by atoms with Gasteiger partial charge < -0.3 is 9.47 Å². The maximum Gasteiger partial charge on any atom is 0.0725 e. The molecule has 10 aromatic carbocycles. The van der Waals surface area contributed by atoms with Crippen molar-refractivity contribution in [2.75, 3.05) is 4.90 Å². The molecule has 2 aromatic heterocycles. The molecule has 0 aliphatic heterocycles. The number of hydrogen-bond donors (Lipinski definition) is 0. The molecule has 14 rings (SSSR count). The first-order chi connectivity index (χ1) is 32.4. The van der Waals surface area contributed by atoms with Gasteiger partial charge in [-0.3, -0.25) is 0 Å². The highest BCUT2D eigenvalue weighted by Crippen LogP contribution is 2.62. The van der Waals surface area contributed by atoms with E-state index in [1.54, 1.807) is 0 Å². The third-order valence-electron chi connectivity index (χ3n) is 13.5. The second kappa shape index (κ2) is 12.7. The van der Waals surface area contributed by atoms with Gasteiger partial charge in [0.1, 0.15) is 0 Å². The topological polar surface area (TPSA) is 8.17 Å². The van der Waals surface area contributed by atoms with Crippen molar-refractivity contribution in [3.8, 4) is 27.9 Å². The first-order valence-electron chi connectivity index (χ1n) is 23.1. The number of hydrogen-bond acceptors (Lipinski definition) is 2. The SMILES string of the molecule is [2H]c1c([2H])c([2H])c2c(c1[2H])-c1ccccc1C21c2ccccc2-c2cccc3c(N(c4ccc5c(c4)c4ccccc4n5-c4ccccc4)c4cccc5sc6ccccc6c45)ccc1c23. The van der Waals surface area contributed by atoms with Crippen LogP contribution in [0.2, 0.25) is 0 Å². The second-order valence-corrected chi connectivity index (χ2v) is 17.5. The highest BCUT2D eigenvalue weighted by molar-refractivity contribution is 7.26. The molecular formula is C59H36N2S. The highest BCUT2D eigenvalue weighted by atomic mass is 32.1. The Balaban J connectivity index is 1.12. The zero-order valence-electron chi connectivity index (χ0n) is 37.3. The third-order valence-corrected chi connectivity index (χ3v) is 14.6. The van der Waals surface area contributed by atoms with Crippen LogP contribution >= 0.6 is 11.3 Å². The average Bonchev–Trinajstić information content (AvgIpc) is 4.02. The van der Waals surface area contributed by atoms with Crippen molar-refractivity contribution in [1.82, 2.24) is 4.57 Å². The van der Waals surface area contributed by atoms with Crippen LogP contribution in [0.5, 0.6) is 0 Å². The van der Waals surface area contributed by atoms with E-state index in [0.29, 0.717) is 11.1 Å². The summed E-state index contributed by atoms with van der Waals surface area (Å²) in [6, 6.07) is 68.8. The van der Waals surface area contributed by atoms with Gasteiger partial charge in [0.25, 0.3) is 0 Å². The van der Waals surface area contributed by atoms with Gasteiger partial charge in [-0.15, -0.1) is 11.3 Å². The molecule has 0 saturated carbocycles. The molecule has 2 nitrogen and oxygen atoms in total. The number of para-hydroxylation sites is 2. The molecule has 0 saturated heterocycles. The Kier molecular flexibility index (Phi) is 6.19. The number of anilines is 3. The van der Waals surface area contributed by atoms with Gasteiger partial charge in [-0.05, 0) is 111 Å². The molecule has 12 aromatic rings. The largest absolute Gasteiger partial charge is 0.309 e. The van der Waals surface area contributed by atoms with Crippen LogP contribution in [-0.4, -0.2) is 4.57 Å². The van der Waals surface area contributed by atoms with E-state index < -0.39 is 5.41 Å². The molecule has 288 valence electrons. The fraction of sp³-hybridized carbons (Fsp3) is 0.0169. The van der Waals surface area contributed by atoms with Gasteiger partial charge in [0.05, 0.1) is 33.3 Å². The number of rotatable bonds is 4. The number of thiophene rings is 1. The minimum Gasteiger partial charge on any atom is -0.309 e. The van der Waals surface area contributed by atoms with Gasteiger partial charge in [0, 0.05) is 47.7 Å². The summed E-state index contributed by atoms with van der Waals surface area (Å²) in [5.74, 6) is 0. The second-order valence-electron chi connectivity index (χ2n) is 16.4. The molecule has 62 heavy (non-hydrogen) atoms. The van der Waals surface area contributed by atoms with Gasteiger partial charge >= 0.3 is 0 Å². The van der Waals surface area contributed by atoms with Crippen molar-refractivity contribution in [3.63, 3.8) is 0 Å². The van der Waals surface area contributed by atoms with Gasteiger partial charge in [0.15, 0.2) is 0 Å². The number of aromatic nitrogens is 1. The third kappa shape index (κ3) is 4.37. The molecule has 1 unspecified atom stereocenters. The van der Waals surface area contributed by atoms with Crippen LogP contribution in [-0.2, 0) is 5.41 Å². The van der Waals surface area contributed by atoms with Crippen molar-refractivity contribution in [2.45, 2.75) is 5.41 Å². The summed E-state index contributed by atoms with van der Waals surface area (Å²) in [5.41, 5.74) is 12.6. The number of fused-ring (bicyclic) bond motifs is 15. The van der Waals surface area contributed by atoms with Crippen molar-refractivity contribution in [2.24, 2.45) is 0 Å². The summed E-state index contributed by atoms with van der Waals surface area (Å²) in [6.45, 7) is 0. The maximum absolute atomic E-state index is 9.71. The lowest BCUT2D eigenvalue weighted by Gasteiger charge is -2.40. The summed E-state index contributed by atoms with van der Waals surface area (Å²) >= 11 is 1.81. The normalized spacial score (nSPS) is 15.7. The van der Waals surface area contributed by atoms with Crippen molar-refractivity contribution < 1.29 is 5.48 Å². The number of nitrogens with zero attached hydrogens (tertiary/aromatic N) is 2. The summed E-state index contributed by atoms with van der Waals surface area (Å²) < 4.78 is 41.8. The van der Waals surface area contributed by atoms with Crippen LogP contribution in [0, 0.1) is 0 Å². The molecular weight excluding hydrogens is 769 g/mol. The molecule has 2 aliphatic carbocycles. The average molecular weight is 809 g/mol. The summed E-state index contributed by atoms with van der Waals surface area (Å²) in [7, 11) is 0. The van der Waals surface area contributed by atoms with E-state index in [2.05, 4.69) is 185 Å². The van der Waals surface area contributed by atoms with E-state index in [4.69, 9.17) is 2.74 Å². The van der Waals surface area contributed by atoms with Gasteiger partial charge in [0.2, 0.25) is 0 Å². The van der Waals surface area contributed by atoms with Crippen LogP contribution in [0.1, 0.15) is 27.7 Å². The zero-order chi connectivity index (χ0) is 44.0. The molecule has 0 fully saturated rings. The Labute approximate surface area is 368 Å². The van der Waals surface area contributed by atoms with Crippen LogP contribution in [0.15, 0.2) is 218 Å². The predicted molar refractivity (Wildman–Crippen MR) is 262 cm³/mol. The van der Waals surface area contributed by atoms with Crippen LogP contribution in [0.3, 0.4) is 0 Å². The van der Waals surface area contributed by atoms with Crippen molar-refractivity contribution in [3.05, 3.63) is 241 Å². The first-order valence-corrected chi connectivity index (χ1v) is 21.9. The van der Waals surface area contributed by atoms with E-state index in [9.17, 15) is 2.74 Å². The lowest BCUT2D eigenvalue weighted by Crippen LogP contribution is -2.32. The van der Waals surface area contributed by atoms with E-state index >= 15 is 0 Å². The Morgan fingerprint density at radius 1 is 0.419 bits per heavy atom. The highest BCUT2D eigenvalue weighted by Gasteiger charge is 2.50. The van der Waals surface area contributed by atoms with E-state index in [1.165, 1.54) is 25.6 Å². The smallest absolute Gasteiger partial charge is 0.0725 e. The fourth-order valence-electron chi connectivity index (χ4n) is 11.1. The Morgan fingerprint density at radius 3 is 1.95 bits per heavy atom. The molecule has 3 heteroatoms. The summed E-state index contributed by atoms with van der Waals surface area (Å²) in [6.07, 6.45) is 0. The maximum atomic E-state index is 9.71. The minimum atomic E-state index is -1.02. The summed E-state index contributed by atoms with van der Waals surface area (Å²) in [4.78, 5) is 2.45. The molecule has 2 heterocycles. The van der Waals surface area contributed by atoms with E-state index in [1.807, 2.05) is 29.5 Å². The Morgan fingerprint density at radius 2 is 1.08 bits per heavy atom. The lowest BCUT2D eigenvalue weighted by atomic mass is 9.61. The molecule has 0 N–H and O–H groups in total. The fourth-order valence-corrected chi connectivity index (χ4v) is 12.3. The van der Waals surface area contributed by atoms with Gasteiger partial charge in [-0.25, -0.2) is 0 Å². The minimum absolute atomic E-state index is 0.00535. The molecule has 1 atom stereocenters. The molecule has 0 bridgehead atoms. The lowest BCUT2D eigenvalue weighted by molar-refractivity contribution is 0.773. The molecule has 1 spiro atoms. The molecule has 0 radical (unpaired) electrons. The first kappa shape index (κ1) is 30.3. The number of benzene rings is 10. The van der Waals surface area contributed by atoms with E-state index in [-0.39, 0.29) is 24.2 Å². The van der Waals surface area contributed by atoms with Crippen LogP contribution < -0.4 is 4.90 Å². The molecule has 2 aliphatic rings. The summed E-state index contributed by atoms with van der Waals surface area (Å²) in [5, 5.41) is 6.86. The van der Waals surface area contributed by atoms with Crippen LogP contribution in [0.4, 0.5) is 17.1 Å². The quantitative estimate of drug-likeness (QED) is 0.172. The Hall–Kier alpha value is -7.72. The zero-order valence-corrected chi connectivity index (χ0v) is 34.1. The van der Waals surface area contributed by atoms with Crippen LogP contribution in [0.25, 0.3) is 80.7 Å². The standard InChI is InChI=1S/C59H36N2S/c1-2-16-37(17-3-1)60-51-28-12-7-21-42(51)46-36-38(32-34-53(46)60)61(54-29-15-31-56-58(54)45-22-8-13-30-55(45)62-56)52-35-33-50-57-43(23-14-24-44(52)57)41-20-6-11-27-49(41)59(50)47-25-9-4-18-39(47)40-19-5-10-26-48(40)59/h1-36H/i4D,9D,18D,25D. The van der Waals surface area contributed by atoms with Gasteiger partial charge in [-0.1, -0.05) is 158 Å². The van der Waals surface area contributed by atoms with Gasteiger partial charge in [-0.2, -0.15) is 0 Å². The van der Waals surface area contributed by atoms with E-state index in [0.717, 1.165) is 83.3 Å². The van der Waals surface area contributed by atoms with Crippen molar-refractivity contribution in [1.29, 1.82) is 0 Å². The van der Waals surface area contributed by atoms with Crippen molar-refractivity contribution >= 4 is 81.1 Å². The Bertz CT molecular complexity index is 4080. The monoisotopic (exact) mass is 808 g/mol. The predicted octanol–water partition coefficient (Wildman–Crippen LogP) is 16.1.